The standard InChI is InChI=1S/C20H31N3O3/c1-3-5-18(21)20(25)23-13-4-12-22(14-15-23)19(24)11-8-16-6-9-17(26-2)10-7-16/h6-7,9-10,18H,3-5,8,11-15,21H2,1-2H3. The summed E-state index contributed by atoms with van der Waals surface area (Å²) < 4.78 is 5.15. The minimum Gasteiger partial charge on any atom is -0.497 e. The average Bonchev–Trinajstić information content (AvgIpc) is 2.92. The van der Waals surface area contributed by atoms with Crippen molar-refractivity contribution in [2.24, 2.45) is 5.73 Å². The first kappa shape index (κ1) is 20.2. The predicted molar refractivity (Wildman–Crippen MR) is 102 cm³/mol. The molecule has 1 aromatic carbocycles. The Balaban J connectivity index is 1.81. The smallest absolute Gasteiger partial charge is 0.239 e. The quantitative estimate of drug-likeness (QED) is 0.804. The van der Waals surface area contributed by atoms with Crippen LogP contribution in [-0.2, 0) is 16.0 Å². The SMILES string of the molecule is CCCC(N)C(=O)N1CCCN(C(=O)CCc2ccc(OC)cc2)CC1. The normalized spacial score (nSPS) is 16.1. The van der Waals surface area contributed by atoms with E-state index in [1.54, 1.807) is 7.11 Å². The molecule has 144 valence electrons. The fraction of sp³-hybridized carbons (Fsp3) is 0.600. The molecule has 1 saturated heterocycles. The molecular weight excluding hydrogens is 330 g/mol. The molecule has 1 aromatic rings. The monoisotopic (exact) mass is 361 g/mol. The Bertz CT molecular complexity index is 588. The number of benzene rings is 1. The molecule has 2 rings (SSSR count). The Hall–Kier alpha value is -2.08. The van der Waals surface area contributed by atoms with E-state index in [1.165, 1.54) is 0 Å². The van der Waals surface area contributed by atoms with Crippen LogP contribution in [0.25, 0.3) is 0 Å². The van der Waals surface area contributed by atoms with Crippen molar-refractivity contribution in [2.75, 3.05) is 33.3 Å². The summed E-state index contributed by atoms with van der Waals surface area (Å²) in [5, 5.41) is 0. The second-order valence-corrected chi connectivity index (χ2v) is 6.80. The topological polar surface area (TPSA) is 75.9 Å². The highest BCUT2D eigenvalue weighted by Gasteiger charge is 2.24. The Morgan fingerprint density at radius 2 is 1.77 bits per heavy atom. The van der Waals surface area contributed by atoms with Crippen molar-refractivity contribution in [1.29, 1.82) is 0 Å². The number of methoxy groups -OCH3 is 1. The summed E-state index contributed by atoms with van der Waals surface area (Å²) in [6.07, 6.45) is 3.61. The number of amides is 2. The molecule has 0 radical (unpaired) electrons. The summed E-state index contributed by atoms with van der Waals surface area (Å²) in [5.41, 5.74) is 7.08. The molecule has 2 amide bonds. The van der Waals surface area contributed by atoms with Crippen molar-refractivity contribution in [2.45, 2.75) is 45.1 Å². The van der Waals surface area contributed by atoms with Gasteiger partial charge in [-0.1, -0.05) is 25.5 Å². The van der Waals surface area contributed by atoms with Crippen LogP contribution in [0.15, 0.2) is 24.3 Å². The highest BCUT2D eigenvalue weighted by molar-refractivity contribution is 5.82. The molecule has 1 heterocycles. The van der Waals surface area contributed by atoms with Crippen LogP contribution >= 0.6 is 0 Å². The molecule has 6 heteroatoms. The Labute approximate surface area is 156 Å². The summed E-state index contributed by atoms with van der Waals surface area (Å²) in [7, 11) is 1.64. The second kappa shape index (κ2) is 10.2. The molecule has 1 aliphatic heterocycles. The number of aryl methyl sites for hydroxylation is 1. The summed E-state index contributed by atoms with van der Waals surface area (Å²) in [5.74, 6) is 0.978. The number of carbonyl (C=O) groups excluding carboxylic acids is 2. The second-order valence-electron chi connectivity index (χ2n) is 6.80. The van der Waals surface area contributed by atoms with Crippen molar-refractivity contribution < 1.29 is 14.3 Å². The highest BCUT2D eigenvalue weighted by Crippen LogP contribution is 2.14. The lowest BCUT2D eigenvalue weighted by Crippen LogP contribution is -2.45. The summed E-state index contributed by atoms with van der Waals surface area (Å²) >= 11 is 0. The van der Waals surface area contributed by atoms with Crippen LogP contribution in [0.3, 0.4) is 0 Å². The zero-order valence-corrected chi connectivity index (χ0v) is 15.9. The van der Waals surface area contributed by atoms with Gasteiger partial charge < -0.3 is 20.3 Å². The van der Waals surface area contributed by atoms with Gasteiger partial charge in [0.15, 0.2) is 0 Å². The lowest BCUT2D eigenvalue weighted by molar-refractivity contribution is -0.134. The molecule has 0 spiro atoms. The third-order valence-electron chi connectivity index (χ3n) is 4.86. The fourth-order valence-electron chi connectivity index (χ4n) is 3.26. The van der Waals surface area contributed by atoms with Crippen LogP contribution in [0.2, 0.25) is 0 Å². The molecule has 2 N–H and O–H groups in total. The van der Waals surface area contributed by atoms with E-state index in [-0.39, 0.29) is 11.8 Å². The third kappa shape index (κ3) is 5.73. The molecule has 1 atom stereocenters. The predicted octanol–water partition coefficient (Wildman–Crippen LogP) is 1.82. The van der Waals surface area contributed by atoms with E-state index in [2.05, 4.69) is 0 Å². The van der Waals surface area contributed by atoms with E-state index < -0.39 is 6.04 Å². The maximum Gasteiger partial charge on any atom is 0.239 e. The average molecular weight is 361 g/mol. The summed E-state index contributed by atoms with van der Waals surface area (Å²) in [4.78, 5) is 28.6. The fourth-order valence-corrected chi connectivity index (χ4v) is 3.26. The van der Waals surface area contributed by atoms with Gasteiger partial charge in [0.05, 0.1) is 13.2 Å². The maximum atomic E-state index is 12.5. The maximum absolute atomic E-state index is 12.5. The number of rotatable bonds is 7. The molecule has 1 fully saturated rings. The number of hydrogen-bond donors (Lipinski definition) is 1. The van der Waals surface area contributed by atoms with Crippen LogP contribution < -0.4 is 10.5 Å². The first-order chi connectivity index (χ1) is 12.5. The molecule has 26 heavy (non-hydrogen) atoms. The van der Waals surface area contributed by atoms with E-state index in [0.717, 1.165) is 24.2 Å². The van der Waals surface area contributed by atoms with Crippen molar-refractivity contribution in [3.05, 3.63) is 29.8 Å². The summed E-state index contributed by atoms with van der Waals surface area (Å²) in [6, 6.07) is 7.38. The molecular formula is C20H31N3O3. The van der Waals surface area contributed by atoms with Gasteiger partial charge >= 0.3 is 0 Å². The van der Waals surface area contributed by atoms with Gasteiger partial charge in [-0.3, -0.25) is 9.59 Å². The Morgan fingerprint density at radius 3 is 2.42 bits per heavy atom. The zero-order chi connectivity index (χ0) is 18.9. The van der Waals surface area contributed by atoms with E-state index in [9.17, 15) is 9.59 Å². The highest BCUT2D eigenvalue weighted by atomic mass is 16.5. The van der Waals surface area contributed by atoms with Crippen LogP contribution in [0.1, 0.15) is 38.2 Å². The van der Waals surface area contributed by atoms with Crippen molar-refractivity contribution in [3.8, 4) is 5.75 Å². The number of nitrogens with two attached hydrogens (primary N) is 1. The van der Waals surface area contributed by atoms with E-state index >= 15 is 0 Å². The van der Waals surface area contributed by atoms with E-state index in [1.807, 2.05) is 41.0 Å². The van der Waals surface area contributed by atoms with Crippen LogP contribution in [0.5, 0.6) is 5.75 Å². The molecule has 0 aliphatic carbocycles. The number of hydrogen-bond acceptors (Lipinski definition) is 4. The van der Waals surface area contributed by atoms with Crippen molar-refractivity contribution >= 4 is 11.8 Å². The van der Waals surface area contributed by atoms with Gasteiger partial charge in [-0.05, 0) is 37.0 Å². The molecule has 1 unspecified atom stereocenters. The van der Waals surface area contributed by atoms with E-state index in [0.29, 0.717) is 45.4 Å². The Morgan fingerprint density at radius 1 is 1.12 bits per heavy atom. The van der Waals surface area contributed by atoms with E-state index in [4.69, 9.17) is 10.5 Å². The molecule has 0 saturated carbocycles. The van der Waals surface area contributed by atoms with Gasteiger partial charge in [0.25, 0.3) is 0 Å². The lowest BCUT2D eigenvalue weighted by Gasteiger charge is -2.24. The molecule has 6 nitrogen and oxygen atoms in total. The van der Waals surface area contributed by atoms with Gasteiger partial charge in [0.1, 0.15) is 5.75 Å². The number of carbonyl (C=O) groups is 2. The minimum absolute atomic E-state index is 0.0133. The first-order valence-corrected chi connectivity index (χ1v) is 9.50. The minimum atomic E-state index is -0.419. The lowest BCUT2D eigenvalue weighted by atomic mass is 10.1. The number of nitrogens with zero attached hydrogens (tertiary/aromatic N) is 2. The van der Waals surface area contributed by atoms with Crippen molar-refractivity contribution in [1.82, 2.24) is 9.80 Å². The van der Waals surface area contributed by atoms with Gasteiger partial charge in [-0.2, -0.15) is 0 Å². The van der Waals surface area contributed by atoms with Crippen LogP contribution in [0, 0.1) is 0 Å². The molecule has 0 bridgehead atoms. The van der Waals surface area contributed by atoms with Crippen LogP contribution in [-0.4, -0.2) is 60.9 Å². The first-order valence-electron chi connectivity index (χ1n) is 9.50. The third-order valence-corrected chi connectivity index (χ3v) is 4.86. The van der Waals surface area contributed by atoms with Gasteiger partial charge in [-0.25, -0.2) is 0 Å². The number of ether oxygens (including phenoxy) is 1. The Kier molecular flexibility index (Phi) is 7.91. The van der Waals surface area contributed by atoms with Gasteiger partial charge in [0.2, 0.25) is 11.8 Å². The molecule has 1 aliphatic rings. The van der Waals surface area contributed by atoms with Crippen molar-refractivity contribution in [3.63, 3.8) is 0 Å². The zero-order valence-electron chi connectivity index (χ0n) is 15.9. The molecule has 0 aromatic heterocycles. The van der Waals surface area contributed by atoms with Crippen LogP contribution in [0.4, 0.5) is 0 Å². The van der Waals surface area contributed by atoms with Gasteiger partial charge in [0, 0.05) is 32.6 Å². The summed E-state index contributed by atoms with van der Waals surface area (Å²) in [6.45, 7) is 4.57. The van der Waals surface area contributed by atoms with Gasteiger partial charge in [-0.15, -0.1) is 0 Å². The largest absolute Gasteiger partial charge is 0.497 e.